The fraction of sp³-hybridized carbons (Fsp3) is 0.400. The Balaban J connectivity index is 1.19. The molecule has 0 aromatic heterocycles. The van der Waals surface area contributed by atoms with Crippen LogP contribution in [0.4, 0.5) is 0 Å². The Kier molecular flexibility index (Phi) is 17.9. The summed E-state index contributed by atoms with van der Waals surface area (Å²) in [5.74, 6) is 0.00976. The second kappa shape index (κ2) is 26.5. The van der Waals surface area contributed by atoms with Gasteiger partial charge in [-0.3, -0.25) is 0 Å². The van der Waals surface area contributed by atoms with E-state index in [1.165, 1.54) is 0 Å². The van der Waals surface area contributed by atoms with E-state index in [9.17, 15) is 40.9 Å². The second-order valence-electron chi connectivity index (χ2n) is 27.9. The van der Waals surface area contributed by atoms with Crippen molar-refractivity contribution >= 4 is 0 Å². The molecule has 5 aliphatic carbocycles. The third-order valence-electron chi connectivity index (χ3n) is 21.1. The Bertz CT molecular complexity index is 3660. The van der Waals surface area contributed by atoms with E-state index in [0.717, 1.165) is 108 Å². The SMILES string of the molecule is CC1CCC(Oc2cc(O)c3cc2C(c2ccc(O)cc2)c2cc(c(OC4CCC(C)CC4)cc2O)C(c2ccc(O)cc2)c2cc(c(O)cc2OC2CCC(C)CC2)C(c2ccc(O)cc2)c2cc(c(O)cc2OC2CCC(C)CC2)C3c2ccc(O)cc2)CC1. The van der Waals surface area contributed by atoms with E-state index >= 15 is 0 Å². The van der Waals surface area contributed by atoms with Crippen LogP contribution in [-0.2, 0) is 0 Å². The first-order chi connectivity index (χ1) is 44.5. The molecule has 5 aliphatic rings. The van der Waals surface area contributed by atoms with Gasteiger partial charge in [0.05, 0.1) is 24.4 Å². The maximum absolute atomic E-state index is 13.3. The molecule has 12 heteroatoms. The van der Waals surface area contributed by atoms with E-state index in [0.29, 0.717) is 108 Å². The molecule has 0 heterocycles. The predicted molar refractivity (Wildman–Crippen MR) is 357 cm³/mol. The van der Waals surface area contributed by atoms with Gasteiger partial charge in [-0.2, -0.15) is 0 Å². The van der Waals surface area contributed by atoms with Crippen LogP contribution in [0.3, 0.4) is 0 Å². The zero-order valence-corrected chi connectivity index (χ0v) is 53.3. The molecule has 8 aromatic rings. The van der Waals surface area contributed by atoms with Gasteiger partial charge in [0.1, 0.15) is 69.0 Å². The molecular formula is C80H88O12. The van der Waals surface area contributed by atoms with Gasteiger partial charge in [0.2, 0.25) is 0 Å². The molecule has 13 rings (SSSR count). The van der Waals surface area contributed by atoms with Crippen LogP contribution in [0.25, 0.3) is 0 Å². The van der Waals surface area contributed by atoms with Crippen LogP contribution >= 0.6 is 0 Å². The maximum Gasteiger partial charge on any atom is 0.127 e. The van der Waals surface area contributed by atoms with Gasteiger partial charge in [-0.1, -0.05) is 76.2 Å². The molecule has 0 aliphatic heterocycles. The lowest BCUT2D eigenvalue weighted by Gasteiger charge is -2.34. The minimum atomic E-state index is -0.966. The molecule has 2 atom stereocenters. The smallest absolute Gasteiger partial charge is 0.127 e. The molecule has 12 nitrogen and oxygen atoms in total. The Morgan fingerprint density at radius 1 is 0.228 bits per heavy atom. The molecule has 2 unspecified atom stereocenters. The Labute approximate surface area is 540 Å². The highest BCUT2D eigenvalue weighted by Gasteiger charge is 2.39. The lowest BCUT2D eigenvalue weighted by molar-refractivity contribution is 0.132. The van der Waals surface area contributed by atoms with Crippen molar-refractivity contribution in [1.29, 1.82) is 0 Å². The average Bonchev–Trinajstić information content (AvgIpc) is 0.750. The van der Waals surface area contributed by atoms with Gasteiger partial charge >= 0.3 is 0 Å². The van der Waals surface area contributed by atoms with Crippen molar-refractivity contribution in [2.75, 3.05) is 0 Å². The van der Waals surface area contributed by atoms with Crippen molar-refractivity contribution in [3.8, 4) is 69.0 Å². The van der Waals surface area contributed by atoms with E-state index in [1.54, 1.807) is 84.9 Å². The molecule has 0 spiro atoms. The summed E-state index contributed by atoms with van der Waals surface area (Å²) in [6.45, 7) is 9.05. The van der Waals surface area contributed by atoms with Crippen LogP contribution in [0.5, 0.6) is 69.0 Å². The number of benzene rings is 8. The van der Waals surface area contributed by atoms with Gasteiger partial charge in [0.25, 0.3) is 0 Å². The maximum atomic E-state index is 13.3. The van der Waals surface area contributed by atoms with Gasteiger partial charge in [0, 0.05) is 92.4 Å². The highest BCUT2D eigenvalue weighted by atomic mass is 16.5. The first-order valence-corrected chi connectivity index (χ1v) is 33.8. The molecule has 480 valence electrons. The van der Waals surface area contributed by atoms with Crippen LogP contribution in [0, 0.1) is 23.7 Å². The van der Waals surface area contributed by atoms with Crippen molar-refractivity contribution in [3.63, 3.8) is 0 Å². The van der Waals surface area contributed by atoms with Crippen LogP contribution in [0.15, 0.2) is 146 Å². The van der Waals surface area contributed by atoms with Gasteiger partial charge in [-0.05, 0) is 221 Å². The fourth-order valence-corrected chi connectivity index (χ4v) is 15.5. The van der Waals surface area contributed by atoms with Crippen molar-refractivity contribution in [2.45, 2.75) is 179 Å². The zero-order chi connectivity index (χ0) is 63.9. The summed E-state index contributed by atoms with van der Waals surface area (Å²) in [6.07, 6.45) is 13.2. The lowest BCUT2D eigenvalue weighted by Crippen LogP contribution is -2.25. The topological polar surface area (TPSA) is 199 Å². The third kappa shape index (κ3) is 13.2. The molecule has 0 radical (unpaired) electrons. The molecule has 92 heavy (non-hydrogen) atoms. The monoisotopic (exact) mass is 1240 g/mol. The highest BCUT2D eigenvalue weighted by molar-refractivity contribution is 5.68. The molecule has 4 fully saturated rings. The number of fused-ring (bicyclic) bond motifs is 8. The first kappa shape index (κ1) is 62.2. The third-order valence-corrected chi connectivity index (χ3v) is 21.1. The van der Waals surface area contributed by atoms with Crippen molar-refractivity contribution in [1.82, 2.24) is 0 Å². The summed E-state index contributed by atoms with van der Waals surface area (Å²) in [4.78, 5) is 0. The number of hydrogen-bond donors (Lipinski definition) is 8. The quantitative estimate of drug-likeness (QED) is 0.0577. The lowest BCUT2D eigenvalue weighted by atomic mass is 9.75. The van der Waals surface area contributed by atoms with Gasteiger partial charge < -0.3 is 59.8 Å². The summed E-state index contributed by atoms with van der Waals surface area (Å²) in [7, 11) is 0. The second-order valence-corrected chi connectivity index (χ2v) is 27.9. The van der Waals surface area contributed by atoms with E-state index in [1.807, 2.05) is 60.7 Å². The van der Waals surface area contributed by atoms with E-state index < -0.39 is 23.7 Å². The summed E-state index contributed by atoms with van der Waals surface area (Å²) < 4.78 is 29.2. The number of phenolic OH excluding ortho intramolecular Hbond substituents is 8. The zero-order valence-electron chi connectivity index (χ0n) is 53.3. The molecule has 4 saturated carbocycles. The van der Waals surface area contributed by atoms with Crippen LogP contribution in [-0.4, -0.2) is 65.3 Å². The van der Waals surface area contributed by atoms with Gasteiger partial charge in [-0.15, -0.1) is 0 Å². The minimum absolute atomic E-state index is 0.0202. The van der Waals surface area contributed by atoms with Crippen LogP contribution in [0.2, 0.25) is 0 Å². The Hall–Kier alpha value is -8.64. The fourth-order valence-electron chi connectivity index (χ4n) is 15.5. The summed E-state index contributed by atoms with van der Waals surface area (Å²) >= 11 is 0. The van der Waals surface area contributed by atoms with E-state index in [2.05, 4.69) is 27.7 Å². The summed E-state index contributed by atoms with van der Waals surface area (Å²) in [6, 6.07) is 42.5. The standard InChI is InChI=1S/C80H88O12/c1-45-5-29-57(30-6-45)89-73-41-69(85)61-37-65(73)78(50-15-23-54(82)24-16-50)63-39-67(75(43-71(63)87)91-59-33-9-47(3)10-34-59)80(52-19-27-56(84)28-20-52)68-40-64(72(88)44-76(68)92-60-35-11-48(4)12-36-60)79(51-17-25-55(83)26-18-51)66-38-62(77(61)49-13-21-53(81)22-14-49)70(86)42-74(66)90-58-31-7-46(2)8-32-58/h13-28,37-48,57-60,77-88H,5-12,29-36H2,1-4H3. The molecule has 8 bridgehead atoms. The number of rotatable bonds is 12. The van der Waals surface area contributed by atoms with Crippen molar-refractivity contribution < 1.29 is 59.8 Å². The van der Waals surface area contributed by atoms with Crippen molar-refractivity contribution in [2.24, 2.45) is 23.7 Å². The molecule has 8 aromatic carbocycles. The van der Waals surface area contributed by atoms with Gasteiger partial charge in [0.15, 0.2) is 0 Å². The number of ether oxygens (including phenoxy) is 4. The largest absolute Gasteiger partial charge is 0.508 e. The summed E-state index contributed by atoms with van der Waals surface area (Å²) in [5, 5.41) is 97.1. The number of hydrogen-bond acceptors (Lipinski definition) is 12. The Morgan fingerprint density at radius 2 is 0.402 bits per heavy atom. The van der Waals surface area contributed by atoms with Crippen molar-refractivity contribution in [3.05, 3.63) is 212 Å². The molecule has 0 saturated heterocycles. The Morgan fingerprint density at radius 3 is 0.598 bits per heavy atom. The predicted octanol–water partition coefficient (Wildman–Crippen LogP) is 18.2. The normalized spacial score (nSPS) is 25.7. The molecular weight excluding hydrogens is 1150 g/mol. The average molecular weight is 1240 g/mol. The number of phenols is 8. The van der Waals surface area contributed by atoms with Gasteiger partial charge in [-0.25, -0.2) is 0 Å². The molecule has 0 amide bonds. The van der Waals surface area contributed by atoms with E-state index in [-0.39, 0.29) is 70.4 Å². The molecule has 8 N–H and O–H groups in total. The van der Waals surface area contributed by atoms with Crippen LogP contribution < -0.4 is 18.9 Å². The van der Waals surface area contributed by atoms with E-state index in [4.69, 9.17) is 18.9 Å². The van der Waals surface area contributed by atoms with Crippen LogP contribution in [0.1, 0.15) is 221 Å². The summed E-state index contributed by atoms with van der Waals surface area (Å²) in [5.41, 5.74) is 6.92. The minimum Gasteiger partial charge on any atom is -0.508 e. The highest BCUT2D eigenvalue weighted by Crippen LogP contribution is 2.56. The number of aromatic hydroxyl groups is 8. The first-order valence-electron chi connectivity index (χ1n) is 33.8.